The number of unbranched alkanes of at least 4 members (excludes halogenated alkanes) is 12. The topological polar surface area (TPSA) is 66.0 Å². The molecule has 0 aromatic heterocycles. The SMILES string of the molecule is CCCCCCCCCCCCCCCC(=O)OCCOCCOCCOCCNC. The van der Waals surface area contributed by atoms with Gasteiger partial charge in [0.1, 0.15) is 6.61 Å². The maximum Gasteiger partial charge on any atom is 0.305 e. The summed E-state index contributed by atoms with van der Waals surface area (Å²) in [5, 5.41) is 3.02. The smallest absolute Gasteiger partial charge is 0.305 e. The monoisotopic (exact) mass is 445 g/mol. The van der Waals surface area contributed by atoms with E-state index in [1.54, 1.807) is 0 Å². The summed E-state index contributed by atoms with van der Waals surface area (Å²) in [6, 6.07) is 0. The highest BCUT2D eigenvalue weighted by atomic mass is 16.6. The fourth-order valence-electron chi connectivity index (χ4n) is 3.29. The van der Waals surface area contributed by atoms with Crippen LogP contribution in [0.2, 0.25) is 0 Å². The van der Waals surface area contributed by atoms with Gasteiger partial charge in [0, 0.05) is 13.0 Å². The molecule has 0 heterocycles. The highest BCUT2D eigenvalue weighted by Gasteiger charge is 2.02. The Bertz CT molecular complexity index is 355. The molecule has 1 N–H and O–H groups in total. The van der Waals surface area contributed by atoms with Crippen LogP contribution in [-0.4, -0.2) is 65.8 Å². The van der Waals surface area contributed by atoms with Crippen LogP contribution in [0.3, 0.4) is 0 Å². The summed E-state index contributed by atoms with van der Waals surface area (Å²) in [5.74, 6) is -0.110. The van der Waals surface area contributed by atoms with Crippen LogP contribution in [0, 0.1) is 0 Å². The lowest BCUT2D eigenvalue weighted by atomic mass is 10.0. The summed E-state index contributed by atoms with van der Waals surface area (Å²) in [6.07, 6.45) is 17.6. The van der Waals surface area contributed by atoms with E-state index < -0.39 is 0 Å². The van der Waals surface area contributed by atoms with Gasteiger partial charge in [0.2, 0.25) is 0 Å². The van der Waals surface area contributed by atoms with E-state index >= 15 is 0 Å². The molecule has 0 bridgehead atoms. The van der Waals surface area contributed by atoms with Crippen molar-refractivity contribution in [1.29, 1.82) is 0 Å². The number of rotatable bonds is 26. The molecule has 0 atom stereocenters. The van der Waals surface area contributed by atoms with Gasteiger partial charge in [-0.15, -0.1) is 0 Å². The molecule has 0 aromatic rings. The van der Waals surface area contributed by atoms with Crippen LogP contribution >= 0.6 is 0 Å². The molecule has 0 unspecified atom stereocenters. The van der Waals surface area contributed by atoms with E-state index in [0.717, 1.165) is 19.4 Å². The minimum Gasteiger partial charge on any atom is -0.463 e. The first-order valence-electron chi connectivity index (χ1n) is 12.8. The quantitative estimate of drug-likeness (QED) is 0.144. The molecular formula is C25H51NO5. The number of carbonyl (C=O) groups excluding carboxylic acids is 1. The van der Waals surface area contributed by atoms with Crippen LogP contribution in [0.4, 0.5) is 0 Å². The fourth-order valence-corrected chi connectivity index (χ4v) is 3.29. The third-order valence-corrected chi connectivity index (χ3v) is 5.22. The minimum atomic E-state index is -0.110. The molecule has 0 radical (unpaired) electrons. The second-order valence-electron chi connectivity index (χ2n) is 8.15. The number of hydrogen-bond acceptors (Lipinski definition) is 6. The molecule has 0 saturated heterocycles. The highest BCUT2D eigenvalue weighted by molar-refractivity contribution is 5.69. The van der Waals surface area contributed by atoms with Crippen LogP contribution in [0.5, 0.6) is 0 Å². The molecule has 0 aromatic carbocycles. The van der Waals surface area contributed by atoms with E-state index in [1.807, 2.05) is 7.05 Å². The molecule has 0 aliphatic heterocycles. The van der Waals surface area contributed by atoms with E-state index in [9.17, 15) is 4.79 Å². The molecule has 6 nitrogen and oxygen atoms in total. The Morgan fingerprint density at radius 3 is 1.48 bits per heavy atom. The third kappa shape index (κ3) is 27.3. The Hall–Kier alpha value is -0.690. The Morgan fingerprint density at radius 2 is 1.00 bits per heavy atom. The van der Waals surface area contributed by atoms with Crippen molar-refractivity contribution in [3.05, 3.63) is 0 Å². The van der Waals surface area contributed by atoms with Crippen molar-refractivity contribution in [2.45, 2.75) is 96.8 Å². The lowest BCUT2D eigenvalue weighted by Crippen LogP contribution is -2.17. The molecule has 6 heteroatoms. The van der Waals surface area contributed by atoms with E-state index in [4.69, 9.17) is 18.9 Å². The zero-order valence-corrected chi connectivity index (χ0v) is 20.6. The van der Waals surface area contributed by atoms with Crippen LogP contribution < -0.4 is 5.32 Å². The van der Waals surface area contributed by atoms with Crippen molar-refractivity contribution in [2.75, 3.05) is 59.8 Å². The van der Waals surface area contributed by atoms with Crippen LogP contribution in [0.25, 0.3) is 0 Å². The van der Waals surface area contributed by atoms with E-state index in [2.05, 4.69) is 12.2 Å². The Balaban J connectivity index is 3.14. The molecular weight excluding hydrogens is 394 g/mol. The van der Waals surface area contributed by atoms with Gasteiger partial charge in [-0.1, -0.05) is 84.0 Å². The van der Waals surface area contributed by atoms with Crippen molar-refractivity contribution in [2.24, 2.45) is 0 Å². The molecule has 0 fully saturated rings. The predicted octanol–water partition coefficient (Wildman–Crippen LogP) is 5.28. The van der Waals surface area contributed by atoms with Crippen molar-refractivity contribution in [3.8, 4) is 0 Å². The number of ether oxygens (including phenoxy) is 4. The standard InChI is InChI=1S/C25H51NO5/c1-3-4-5-6-7-8-9-10-11-12-13-14-15-16-25(27)31-24-23-30-22-21-29-20-19-28-18-17-26-2/h26H,3-24H2,1-2H3. The van der Waals surface area contributed by atoms with Gasteiger partial charge in [0.25, 0.3) is 0 Å². The van der Waals surface area contributed by atoms with E-state index in [1.165, 1.54) is 70.6 Å². The normalized spacial score (nSPS) is 11.2. The summed E-state index contributed by atoms with van der Waals surface area (Å²) in [6.45, 7) is 6.76. The first kappa shape index (κ1) is 30.3. The van der Waals surface area contributed by atoms with Gasteiger partial charge in [-0.05, 0) is 13.5 Å². The molecule has 0 spiro atoms. The second-order valence-corrected chi connectivity index (χ2v) is 8.15. The van der Waals surface area contributed by atoms with Crippen molar-refractivity contribution in [1.82, 2.24) is 5.32 Å². The lowest BCUT2D eigenvalue weighted by molar-refractivity contribution is -0.145. The number of esters is 1. The number of nitrogens with one attached hydrogen (secondary N) is 1. The maximum atomic E-state index is 11.7. The van der Waals surface area contributed by atoms with Gasteiger partial charge in [-0.3, -0.25) is 4.79 Å². The molecule has 31 heavy (non-hydrogen) atoms. The third-order valence-electron chi connectivity index (χ3n) is 5.22. The van der Waals surface area contributed by atoms with Gasteiger partial charge in [0.05, 0.1) is 39.6 Å². The molecule has 186 valence electrons. The van der Waals surface area contributed by atoms with Crippen molar-refractivity contribution >= 4 is 5.97 Å². The van der Waals surface area contributed by atoms with E-state index in [-0.39, 0.29) is 5.97 Å². The summed E-state index contributed by atoms with van der Waals surface area (Å²) in [4.78, 5) is 11.7. The molecule has 0 aliphatic carbocycles. The minimum absolute atomic E-state index is 0.110. The van der Waals surface area contributed by atoms with Crippen LogP contribution in [-0.2, 0) is 23.7 Å². The summed E-state index contributed by atoms with van der Waals surface area (Å²) in [7, 11) is 1.90. The largest absolute Gasteiger partial charge is 0.463 e. The first-order chi connectivity index (χ1) is 15.3. The van der Waals surface area contributed by atoms with Gasteiger partial charge in [-0.2, -0.15) is 0 Å². The fraction of sp³-hybridized carbons (Fsp3) is 0.960. The molecule has 0 aliphatic rings. The molecule has 0 saturated carbocycles. The highest BCUT2D eigenvalue weighted by Crippen LogP contribution is 2.13. The van der Waals surface area contributed by atoms with Gasteiger partial charge in [0.15, 0.2) is 0 Å². The van der Waals surface area contributed by atoms with Crippen LogP contribution in [0.1, 0.15) is 96.8 Å². The van der Waals surface area contributed by atoms with Crippen molar-refractivity contribution in [3.63, 3.8) is 0 Å². The predicted molar refractivity (Wildman–Crippen MR) is 128 cm³/mol. The zero-order valence-electron chi connectivity index (χ0n) is 20.6. The zero-order chi connectivity index (χ0) is 22.7. The van der Waals surface area contributed by atoms with Crippen molar-refractivity contribution < 1.29 is 23.7 Å². The van der Waals surface area contributed by atoms with Gasteiger partial charge < -0.3 is 24.3 Å². The molecule has 0 amide bonds. The Labute approximate surface area is 192 Å². The maximum absolute atomic E-state index is 11.7. The van der Waals surface area contributed by atoms with Gasteiger partial charge >= 0.3 is 5.97 Å². The first-order valence-corrected chi connectivity index (χ1v) is 12.8. The van der Waals surface area contributed by atoms with E-state index in [0.29, 0.717) is 52.7 Å². The summed E-state index contributed by atoms with van der Waals surface area (Å²) in [5.41, 5.74) is 0. The summed E-state index contributed by atoms with van der Waals surface area (Å²) >= 11 is 0. The Morgan fingerprint density at radius 1 is 0.581 bits per heavy atom. The van der Waals surface area contributed by atoms with Crippen LogP contribution in [0.15, 0.2) is 0 Å². The number of likely N-dealkylation sites (N-methyl/N-ethyl adjacent to an activating group) is 1. The number of carbonyl (C=O) groups is 1. The second kappa shape index (κ2) is 27.3. The average molecular weight is 446 g/mol. The Kier molecular flexibility index (Phi) is 26.7. The average Bonchev–Trinajstić information content (AvgIpc) is 2.77. The number of hydrogen-bond donors (Lipinski definition) is 1. The molecule has 0 rings (SSSR count). The lowest BCUT2D eigenvalue weighted by Gasteiger charge is -2.07. The summed E-state index contributed by atoms with van der Waals surface area (Å²) < 4.78 is 21.3. The van der Waals surface area contributed by atoms with Gasteiger partial charge in [-0.25, -0.2) is 0 Å².